The van der Waals surface area contributed by atoms with Crippen molar-refractivity contribution in [2.75, 3.05) is 0 Å². The van der Waals surface area contributed by atoms with E-state index in [1.165, 1.54) is 44.5 Å². The molecule has 0 heterocycles. The Morgan fingerprint density at radius 3 is 0.650 bits per heavy atom. The molecule has 0 amide bonds. The third-order valence-corrected chi connectivity index (χ3v) is 10.5. The van der Waals surface area contributed by atoms with Crippen molar-refractivity contribution in [2.45, 2.75) is 63.2 Å². The summed E-state index contributed by atoms with van der Waals surface area (Å²) in [6, 6.07) is 37.4. The van der Waals surface area contributed by atoms with Crippen LogP contribution in [0.25, 0.3) is 0 Å². The van der Waals surface area contributed by atoms with Crippen LogP contribution >= 0.6 is 0 Å². The maximum atomic E-state index is 2.45. The molecule has 0 N–H and O–H groups in total. The Labute approximate surface area is 237 Å². The highest BCUT2D eigenvalue weighted by Crippen LogP contribution is 2.65. The summed E-state index contributed by atoms with van der Waals surface area (Å²) in [5.74, 6) is 2.11. The van der Waals surface area contributed by atoms with Gasteiger partial charge in [-0.3, -0.25) is 0 Å². The van der Waals surface area contributed by atoms with Crippen molar-refractivity contribution in [1.29, 1.82) is 0 Å². The van der Waals surface area contributed by atoms with E-state index in [1.54, 1.807) is 33.4 Å². The molecule has 0 aliphatic heterocycles. The molecule has 0 saturated carbocycles. The Bertz CT molecular complexity index is 1520. The van der Waals surface area contributed by atoms with Gasteiger partial charge in [0.2, 0.25) is 0 Å². The molecule has 0 aromatic heterocycles. The van der Waals surface area contributed by atoms with Crippen molar-refractivity contribution in [3.8, 4) is 0 Å². The van der Waals surface area contributed by atoms with Gasteiger partial charge in [-0.15, -0.1) is 0 Å². The highest BCUT2D eigenvalue weighted by molar-refractivity contribution is 5.79. The van der Waals surface area contributed by atoms with Gasteiger partial charge in [0.1, 0.15) is 0 Å². The van der Waals surface area contributed by atoms with Crippen LogP contribution in [-0.4, -0.2) is 0 Å². The zero-order chi connectivity index (χ0) is 26.9. The van der Waals surface area contributed by atoms with Crippen molar-refractivity contribution in [1.82, 2.24) is 0 Å². The molecule has 0 saturated heterocycles. The number of hydrogen-bond acceptors (Lipinski definition) is 0. The maximum Gasteiger partial charge on any atom is 0.0352 e. The molecule has 0 fully saturated rings. The highest BCUT2D eigenvalue weighted by Gasteiger charge is 2.50. The summed E-state index contributed by atoms with van der Waals surface area (Å²) in [5.41, 5.74) is 22.0. The monoisotopic (exact) mass is 514 g/mol. The van der Waals surface area contributed by atoms with E-state index in [0.717, 1.165) is 0 Å². The Morgan fingerprint density at radius 1 is 0.325 bits per heavy atom. The van der Waals surface area contributed by atoms with Crippen molar-refractivity contribution in [3.05, 3.63) is 175 Å². The first-order valence-electron chi connectivity index (χ1n) is 15.2. The Kier molecular flexibility index (Phi) is 4.49. The lowest BCUT2D eigenvalue weighted by Gasteiger charge is -2.51. The van der Waals surface area contributed by atoms with E-state index in [4.69, 9.17) is 0 Å². The molecule has 4 bridgehead atoms. The minimum absolute atomic E-state index is 0.304. The Morgan fingerprint density at radius 2 is 0.500 bits per heavy atom. The summed E-state index contributed by atoms with van der Waals surface area (Å²) < 4.78 is 0. The van der Waals surface area contributed by atoms with E-state index >= 15 is 0 Å². The van der Waals surface area contributed by atoms with Crippen molar-refractivity contribution in [3.63, 3.8) is 0 Å². The first-order chi connectivity index (χ1) is 19.6. The molecule has 0 radical (unpaired) electrons. The van der Waals surface area contributed by atoms with E-state index < -0.39 is 0 Å². The standard InChI is InChI=1S/C40H34/c1-21(2)31-37-33-23-13-5-9-17-27(23)35(28-18-10-6-14-24(28)33)39(37)32(22(3)4)40-36-29-19-11-7-15-25(29)34(38(31)40)26-16-8-12-20-30(26)36/h5-22,33-36H,1-4H3. The molecule has 5 aromatic carbocycles. The molecule has 11 rings (SSSR count). The number of hydrogen-bond donors (Lipinski definition) is 0. The summed E-state index contributed by atoms with van der Waals surface area (Å²) in [4.78, 5) is 0. The van der Waals surface area contributed by atoms with Crippen LogP contribution in [0.3, 0.4) is 0 Å². The second-order valence-corrected chi connectivity index (χ2v) is 13.0. The van der Waals surface area contributed by atoms with Crippen molar-refractivity contribution < 1.29 is 0 Å². The first kappa shape index (κ1) is 22.9. The summed E-state index contributed by atoms with van der Waals surface area (Å²) in [6.45, 7) is 9.80. The molecule has 6 aliphatic carbocycles. The molecule has 0 heteroatoms. The van der Waals surface area contributed by atoms with Gasteiger partial charge in [-0.2, -0.15) is 0 Å². The van der Waals surface area contributed by atoms with Crippen LogP contribution in [-0.2, 0) is 0 Å². The van der Waals surface area contributed by atoms with Gasteiger partial charge in [0.05, 0.1) is 0 Å². The average Bonchev–Trinajstić information content (AvgIpc) is 2.98. The average molecular weight is 515 g/mol. The number of benzene rings is 5. The topological polar surface area (TPSA) is 0 Å². The molecule has 5 aromatic rings. The Balaban J connectivity index is 1.49. The SMILES string of the molecule is CC(C)c1c2c(c(C(C)C)c3c1C1c4ccccc4C3c3ccccc31)C1c3ccccc3C2c2ccccc21. The predicted octanol–water partition coefficient (Wildman–Crippen LogP) is 9.91. The quantitative estimate of drug-likeness (QED) is 0.215. The van der Waals surface area contributed by atoms with Crippen LogP contribution in [0.1, 0.15) is 141 Å². The van der Waals surface area contributed by atoms with E-state index in [1.807, 2.05) is 0 Å². The van der Waals surface area contributed by atoms with Gasteiger partial charge in [0, 0.05) is 23.7 Å². The molecular formula is C40H34. The van der Waals surface area contributed by atoms with E-state index in [9.17, 15) is 0 Å². The fourth-order valence-corrected chi connectivity index (χ4v) is 9.42. The normalized spacial score (nSPS) is 21.9. The fourth-order valence-electron chi connectivity index (χ4n) is 9.42. The van der Waals surface area contributed by atoms with Crippen LogP contribution in [0, 0.1) is 0 Å². The molecule has 40 heavy (non-hydrogen) atoms. The molecular weight excluding hydrogens is 480 g/mol. The van der Waals surface area contributed by atoms with Crippen LogP contribution < -0.4 is 0 Å². The summed E-state index contributed by atoms with van der Waals surface area (Å²) >= 11 is 0. The summed E-state index contributed by atoms with van der Waals surface area (Å²) in [6.07, 6.45) is 0. The molecule has 0 unspecified atom stereocenters. The maximum absolute atomic E-state index is 2.45. The van der Waals surface area contributed by atoms with Gasteiger partial charge in [0.15, 0.2) is 0 Å². The van der Waals surface area contributed by atoms with Gasteiger partial charge in [-0.1, -0.05) is 125 Å². The molecule has 6 aliphatic rings. The van der Waals surface area contributed by atoms with Crippen molar-refractivity contribution >= 4 is 0 Å². The van der Waals surface area contributed by atoms with Crippen LogP contribution in [0.15, 0.2) is 97.1 Å². The summed E-state index contributed by atoms with van der Waals surface area (Å²) in [5, 5.41) is 0. The summed E-state index contributed by atoms with van der Waals surface area (Å²) in [7, 11) is 0. The van der Waals surface area contributed by atoms with E-state index in [2.05, 4.69) is 125 Å². The largest absolute Gasteiger partial charge is 0.0619 e. The van der Waals surface area contributed by atoms with Gasteiger partial charge < -0.3 is 0 Å². The highest BCUT2D eigenvalue weighted by atomic mass is 14.5. The van der Waals surface area contributed by atoms with Gasteiger partial charge in [-0.05, 0) is 89.7 Å². The second kappa shape index (κ2) is 7.85. The van der Waals surface area contributed by atoms with Crippen molar-refractivity contribution in [2.24, 2.45) is 0 Å². The fraction of sp³-hybridized carbons (Fsp3) is 0.250. The second-order valence-electron chi connectivity index (χ2n) is 13.0. The van der Waals surface area contributed by atoms with Gasteiger partial charge in [-0.25, -0.2) is 0 Å². The van der Waals surface area contributed by atoms with Crippen LogP contribution in [0.4, 0.5) is 0 Å². The third-order valence-electron chi connectivity index (χ3n) is 10.5. The lowest BCUT2D eigenvalue weighted by molar-refractivity contribution is 0.650. The smallest absolute Gasteiger partial charge is 0.0352 e. The zero-order valence-corrected chi connectivity index (χ0v) is 23.7. The molecule has 0 spiro atoms. The minimum Gasteiger partial charge on any atom is -0.0619 e. The Hall–Kier alpha value is -3.90. The van der Waals surface area contributed by atoms with E-state index in [0.29, 0.717) is 35.5 Å². The van der Waals surface area contributed by atoms with Crippen LogP contribution in [0.5, 0.6) is 0 Å². The molecule has 0 nitrogen and oxygen atoms in total. The first-order valence-corrected chi connectivity index (χ1v) is 15.2. The van der Waals surface area contributed by atoms with Crippen LogP contribution in [0.2, 0.25) is 0 Å². The van der Waals surface area contributed by atoms with E-state index in [-0.39, 0.29) is 0 Å². The predicted molar refractivity (Wildman–Crippen MR) is 164 cm³/mol. The molecule has 0 atom stereocenters. The third kappa shape index (κ3) is 2.59. The lowest BCUT2D eigenvalue weighted by Crippen LogP contribution is -2.36. The molecule has 194 valence electrons. The zero-order valence-electron chi connectivity index (χ0n) is 23.7. The minimum atomic E-state index is 0.304. The lowest BCUT2D eigenvalue weighted by atomic mass is 9.52. The van der Waals surface area contributed by atoms with Gasteiger partial charge >= 0.3 is 0 Å². The number of rotatable bonds is 2. The van der Waals surface area contributed by atoms with Gasteiger partial charge in [0.25, 0.3) is 0 Å².